The Balaban J connectivity index is 2.16. The van der Waals surface area contributed by atoms with Crippen molar-refractivity contribution in [2.24, 2.45) is 0 Å². The molecule has 2 aromatic carbocycles. The highest BCUT2D eigenvalue weighted by atomic mass is 35.5. The molecule has 0 aliphatic rings. The zero-order chi connectivity index (χ0) is 15.6. The van der Waals surface area contributed by atoms with Gasteiger partial charge in [-0.1, -0.05) is 35.4 Å². The number of nitrogen functional groups attached to an aromatic ring is 1. The molecule has 4 heteroatoms. The Labute approximate surface area is 130 Å². The fourth-order valence-electron chi connectivity index (χ4n) is 2.35. The Kier molecular flexibility index (Phi) is 4.53. The number of benzene rings is 2. The van der Waals surface area contributed by atoms with E-state index in [1.54, 1.807) is 18.2 Å². The second-order valence-corrected chi connectivity index (χ2v) is 5.70. The SMILES string of the molecule is Cc1ccc(C(C)NC(=O)c2ccc(Cl)c(N)c2)c(C)c1. The van der Waals surface area contributed by atoms with E-state index in [1.807, 2.05) is 26.0 Å². The van der Waals surface area contributed by atoms with Gasteiger partial charge in [0.05, 0.1) is 16.8 Å². The van der Waals surface area contributed by atoms with E-state index in [9.17, 15) is 4.79 Å². The average molecular weight is 303 g/mol. The first kappa shape index (κ1) is 15.4. The smallest absolute Gasteiger partial charge is 0.251 e. The molecule has 0 radical (unpaired) electrons. The fourth-order valence-corrected chi connectivity index (χ4v) is 2.47. The highest BCUT2D eigenvalue weighted by Crippen LogP contribution is 2.21. The highest BCUT2D eigenvalue weighted by molar-refractivity contribution is 6.33. The number of carbonyl (C=O) groups is 1. The molecule has 0 aliphatic heterocycles. The number of amides is 1. The summed E-state index contributed by atoms with van der Waals surface area (Å²) >= 11 is 5.87. The van der Waals surface area contributed by atoms with Crippen LogP contribution in [0.1, 0.15) is 40.0 Å². The van der Waals surface area contributed by atoms with Crippen molar-refractivity contribution in [2.45, 2.75) is 26.8 Å². The molecule has 1 amide bonds. The number of carbonyl (C=O) groups excluding carboxylic acids is 1. The zero-order valence-corrected chi connectivity index (χ0v) is 13.2. The van der Waals surface area contributed by atoms with Gasteiger partial charge in [-0.3, -0.25) is 4.79 Å². The quantitative estimate of drug-likeness (QED) is 0.841. The molecule has 0 saturated heterocycles. The van der Waals surface area contributed by atoms with E-state index >= 15 is 0 Å². The standard InChI is InChI=1S/C17H19ClN2O/c1-10-4-6-14(11(2)8-10)12(3)20-17(21)13-5-7-15(18)16(19)9-13/h4-9,12H,19H2,1-3H3,(H,20,21). The summed E-state index contributed by atoms with van der Waals surface area (Å²) in [4.78, 5) is 12.3. The molecule has 0 bridgehead atoms. The van der Waals surface area contributed by atoms with E-state index in [4.69, 9.17) is 17.3 Å². The van der Waals surface area contributed by atoms with Gasteiger partial charge in [0.25, 0.3) is 5.91 Å². The second kappa shape index (κ2) is 6.19. The Morgan fingerprint density at radius 2 is 1.90 bits per heavy atom. The highest BCUT2D eigenvalue weighted by Gasteiger charge is 2.14. The Morgan fingerprint density at radius 1 is 1.19 bits per heavy atom. The first-order valence-electron chi connectivity index (χ1n) is 6.81. The lowest BCUT2D eigenvalue weighted by atomic mass is 10.00. The van der Waals surface area contributed by atoms with Crippen LogP contribution in [0.25, 0.3) is 0 Å². The van der Waals surface area contributed by atoms with Crippen molar-refractivity contribution in [3.63, 3.8) is 0 Å². The monoisotopic (exact) mass is 302 g/mol. The van der Waals surface area contributed by atoms with Crippen LogP contribution in [0.15, 0.2) is 36.4 Å². The molecule has 0 fully saturated rings. The molecule has 0 spiro atoms. The normalized spacial score (nSPS) is 12.0. The number of rotatable bonds is 3. The summed E-state index contributed by atoms with van der Waals surface area (Å²) in [7, 11) is 0. The zero-order valence-electron chi connectivity index (χ0n) is 12.4. The molecule has 1 unspecified atom stereocenters. The number of hydrogen-bond donors (Lipinski definition) is 2. The van der Waals surface area contributed by atoms with Gasteiger partial charge in [0.2, 0.25) is 0 Å². The van der Waals surface area contributed by atoms with Gasteiger partial charge < -0.3 is 11.1 Å². The first-order chi connectivity index (χ1) is 9.88. The van der Waals surface area contributed by atoms with Crippen LogP contribution in [0.3, 0.4) is 0 Å². The minimum absolute atomic E-state index is 0.0741. The molecule has 2 rings (SSSR count). The molecule has 2 aromatic rings. The number of nitrogens with two attached hydrogens (primary N) is 1. The Hall–Kier alpha value is -2.00. The van der Waals surface area contributed by atoms with Crippen LogP contribution in [-0.2, 0) is 0 Å². The van der Waals surface area contributed by atoms with E-state index in [0.717, 1.165) is 5.56 Å². The summed E-state index contributed by atoms with van der Waals surface area (Å²) in [5.41, 5.74) is 10.1. The van der Waals surface area contributed by atoms with Gasteiger partial charge in [0.15, 0.2) is 0 Å². The van der Waals surface area contributed by atoms with Crippen LogP contribution >= 0.6 is 11.6 Å². The molecule has 0 aliphatic carbocycles. The second-order valence-electron chi connectivity index (χ2n) is 5.29. The van der Waals surface area contributed by atoms with Crippen LogP contribution < -0.4 is 11.1 Å². The molecular weight excluding hydrogens is 284 g/mol. The molecule has 0 saturated carbocycles. The topological polar surface area (TPSA) is 55.1 Å². The van der Waals surface area contributed by atoms with Crippen LogP contribution in [0, 0.1) is 13.8 Å². The van der Waals surface area contributed by atoms with Crippen LogP contribution in [0.5, 0.6) is 0 Å². The van der Waals surface area contributed by atoms with Crippen molar-refractivity contribution >= 4 is 23.2 Å². The molecule has 3 nitrogen and oxygen atoms in total. The third kappa shape index (κ3) is 3.56. The van der Waals surface area contributed by atoms with Gasteiger partial charge in [-0.25, -0.2) is 0 Å². The van der Waals surface area contributed by atoms with E-state index in [-0.39, 0.29) is 11.9 Å². The lowest BCUT2D eigenvalue weighted by Crippen LogP contribution is -2.27. The third-order valence-electron chi connectivity index (χ3n) is 3.50. The summed E-state index contributed by atoms with van der Waals surface area (Å²) in [5.74, 6) is -0.161. The molecule has 110 valence electrons. The number of halogens is 1. The van der Waals surface area contributed by atoms with Crippen molar-refractivity contribution in [3.05, 3.63) is 63.7 Å². The number of aryl methyl sites for hydroxylation is 2. The lowest BCUT2D eigenvalue weighted by molar-refractivity contribution is 0.0940. The Morgan fingerprint density at radius 3 is 2.52 bits per heavy atom. The van der Waals surface area contributed by atoms with E-state index in [2.05, 4.69) is 18.3 Å². The van der Waals surface area contributed by atoms with Crippen LogP contribution in [-0.4, -0.2) is 5.91 Å². The number of nitrogens with one attached hydrogen (secondary N) is 1. The predicted octanol–water partition coefficient (Wildman–Crippen LogP) is 4.03. The molecule has 0 heterocycles. The summed E-state index contributed by atoms with van der Waals surface area (Å²) in [6.45, 7) is 6.07. The van der Waals surface area contributed by atoms with Crippen molar-refractivity contribution in [1.29, 1.82) is 0 Å². The van der Waals surface area contributed by atoms with Gasteiger partial charge in [-0.2, -0.15) is 0 Å². The van der Waals surface area contributed by atoms with Gasteiger partial charge in [-0.15, -0.1) is 0 Å². The van der Waals surface area contributed by atoms with Crippen molar-refractivity contribution in [3.8, 4) is 0 Å². The van der Waals surface area contributed by atoms with E-state index in [0.29, 0.717) is 16.3 Å². The minimum Gasteiger partial charge on any atom is -0.398 e. The van der Waals surface area contributed by atoms with Crippen molar-refractivity contribution < 1.29 is 4.79 Å². The largest absolute Gasteiger partial charge is 0.398 e. The van der Waals surface area contributed by atoms with Crippen LogP contribution in [0.2, 0.25) is 5.02 Å². The van der Waals surface area contributed by atoms with E-state index < -0.39 is 0 Å². The molecular formula is C17H19ClN2O. The maximum Gasteiger partial charge on any atom is 0.251 e. The number of hydrogen-bond acceptors (Lipinski definition) is 2. The fraction of sp³-hybridized carbons (Fsp3) is 0.235. The Bertz CT molecular complexity index is 682. The number of anilines is 1. The summed E-state index contributed by atoms with van der Waals surface area (Å²) < 4.78 is 0. The average Bonchev–Trinajstić information content (AvgIpc) is 2.41. The molecule has 0 aromatic heterocycles. The maximum atomic E-state index is 12.3. The molecule has 21 heavy (non-hydrogen) atoms. The first-order valence-corrected chi connectivity index (χ1v) is 7.19. The lowest BCUT2D eigenvalue weighted by Gasteiger charge is -2.17. The molecule has 1 atom stereocenters. The van der Waals surface area contributed by atoms with Gasteiger partial charge in [0, 0.05) is 5.56 Å². The van der Waals surface area contributed by atoms with Gasteiger partial charge in [0.1, 0.15) is 0 Å². The van der Waals surface area contributed by atoms with Crippen molar-refractivity contribution in [1.82, 2.24) is 5.32 Å². The van der Waals surface area contributed by atoms with Crippen LogP contribution in [0.4, 0.5) is 5.69 Å². The predicted molar refractivity (Wildman–Crippen MR) is 87.7 cm³/mol. The maximum absolute atomic E-state index is 12.3. The summed E-state index contributed by atoms with van der Waals surface area (Å²) in [6, 6.07) is 11.0. The van der Waals surface area contributed by atoms with Crippen molar-refractivity contribution in [2.75, 3.05) is 5.73 Å². The summed E-state index contributed by atoms with van der Waals surface area (Å²) in [5, 5.41) is 3.43. The third-order valence-corrected chi connectivity index (χ3v) is 3.84. The van der Waals surface area contributed by atoms with E-state index in [1.165, 1.54) is 11.1 Å². The summed E-state index contributed by atoms with van der Waals surface area (Å²) in [6.07, 6.45) is 0. The molecule has 3 N–H and O–H groups in total. The minimum atomic E-state index is -0.161. The van der Waals surface area contributed by atoms with Gasteiger partial charge in [-0.05, 0) is 50.1 Å². The van der Waals surface area contributed by atoms with Gasteiger partial charge >= 0.3 is 0 Å².